The average Bonchev–Trinajstić information content (AvgIpc) is 2.43. The van der Waals surface area contributed by atoms with E-state index in [2.05, 4.69) is 0 Å². The molecule has 0 aliphatic heterocycles. The van der Waals surface area contributed by atoms with Crippen molar-refractivity contribution < 1.29 is 29.6 Å². The number of hydrogen-bond donors (Lipinski definition) is 4. The molecule has 2 rings (SSSR count). The molecule has 0 fully saturated rings. The van der Waals surface area contributed by atoms with E-state index in [1.807, 2.05) is 0 Å². The fourth-order valence-corrected chi connectivity index (χ4v) is 2.10. The van der Waals surface area contributed by atoms with Crippen molar-refractivity contribution in [3.8, 4) is 11.5 Å². The highest BCUT2D eigenvalue weighted by Gasteiger charge is 2.21. The van der Waals surface area contributed by atoms with E-state index in [0.717, 1.165) is 0 Å². The third-order valence-electron chi connectivity index (χ3n) is 3.09. The highest BCUT2D eigenvalue weighted by Crippen LogP contribution is 2.23. The van der Waals surface area contributed by atoms with E-state index in [1.54, 1.807) is 12.1 Å². The van der Waals surface area contributed by atoms with Crippen molar-refractivity contribution in [1.29, 1.82) is 0 Å². The Labute approximate surface area is 116 Å². The van der Waals surface area contributed by atoms with E-state index < -0.39 is 14.2 Å². The summed E-state index contributed by atoms with van der Waals surface area (Å²) >= 11 is 0. The standard InChI is InChI=1S/C12H14B2O6/c1-19-11-5-8-6-12(20-2)10(14(17)18)4-7(8)3-9(11)13(15)16/h3-6,15-18H,1-2H3. The minimum atomic E-state index is -1.68. The van der Waals surface area contributed by atoms with Crippen LogP contribution in [0, 0.1) is 0 Å². The highest BCUT2D eigenvalue weighted by molar-refractivity contribution is 6.61. The van der Waals surface area contributed by atoms with Crippen LogP contribution < -0.4 is 20.4 Å². The molecule has 0 saturated heterocycles. The summed E-state index contributed by atoms with van der Waals surface area (Å²) in [6.07, 6.45) is 0. The van der Waals surface area contributed by atoms with Crippen molar-refractivity contribution in [2.45, 2.75) is 0 Å². The first-order valence-electron chi connectivity index (χ1n) is 5.89. The normalized spacial score (nSPS) is 10.5. The predicted molar refractivity (Wildman–Crippen MR) is 76.7 cm³/mol. The van der Waals surface area contributed by atoms with E-state index in [0.29, 0.717) is 22.3 Å². The van der Waals surface area contributed by atoms with Gasteiger partial charge in [-0.25, -0.2) is 0 Å². The number of fused-ring (bicyclic) bond motifs is 1. The lowest BCUT2D eigenvalue weighted by Crippen LogP contribution is -2.33. The summed E-state index contributed by atoms with van der Waals surface area (Å²) in [6, 6.07) is 6.29. The molecule has 0 unspecified atom stereocenters. The lowest BCUT2D eigenvalue weighted by atomic mass is 9.75. The van der Waals surface area contributed by atoms with Gasteiger partial charge in [0.05, 0.1) is 14.2 Å². The fourth-order valence-electron chi connectivity index (χ4n) is 2.10. The Kier molecular flexibility index (Phi) is 4.20. The second kappa shape index (κ2) is 5.72. The number of benzene rings is 2. The van der Waals surface area contributed by atoms with Crippen molar-refractivity contribution in [3.63, 3.8) is 0 Å². The van der Waals surface area contributed by atoms with Gasteiger partial charge in [0.2, 0.25) is 0 Å². The molecule has 20 heavy (non-hydrogen) atoms. The second-order valence-corrected chi connectivity index (χ2v) is 4.28. The maximum atomic E-state index is 9.33. The van der Waals surface area contributed by atoms with Gasteiger partial charge >= 0.3 is 14.2 Å². The second-order valence-electron chi connectivity index (χ2n) is 4.28. The molecule has 6 nitrogen and oxygen atoms in total. The fraction of sp³-hybridized carbons (Fsp3) is 0.167. The highest BCUT2D eigenvalue weighted by atomic mass is 16.5. The van der Waals surface area contributed by atoms with Crippen LogP contribution in [0.2, 0.25) is 0 Å². The number of rotatable bonds is 4. The van der Waals surface area contributed by atoms with Gasteiger partial charge < -0.3 is 29.6 Å². The molecule has 2 aromatic carbocycles. The summed E-state index contributed by atoms with van der Waals surface area (Å²) in [4.78, 5) is 0. The van der Waals surface area contributed by atoms with E-state index in [-0.39, 0.29) is 10.9 Å². The van der Waals surface area contributed by atoms with Gasteiger partial charge in [-0.3, -0.25) is 0 Å². The van der Waals surface area contributed by atoms with Gasteiger partial charge in [-0.2, -0.15) is 0 Å². The molecule has 0 spiro atoms. The molecule has 0 atom stereocenters. The summed E-state index contributed by atoms with van der Waals surface area (Å²) in [5, 5.41) is 38.6. The quantitative estimate of drug-likeness (QED) is 0.492. The largest absolute Gasteiger partial charge is 0.497 e. The van der Waals surface area contributed by atoms with Gasteiger partial charge in [0, 0.05) is 10.9 Å². The maximum Gasteiger partial charge on any atom is 0.492 e. The molecule has 8 heteroatoms. The van der Waals surface area contributed by atoms with Crippen LogP contribution in [-0.2, 0) is 0 Å². The third kappa shape index (κ3) is 2.59. The van der Waals surface area contributed by atoms with Crippen LogP contribution in [-0.4, -0.2) is 48.6 Å². The molecule has 0 aliphatic carbocycles. The van der Waals surface area contributed by atoms with Gasteiger partial charge in [0.25, 0.3) is 0 Å². The molecule has 0 saturated carbocycles. The lowest BCUT2D eigenvalue weighted by Gasteiger charge is -2.13. The zero-order valence-electron chi connectivity index (χ0n) is 11.1. The molecular formula is C12H14B2O6. The number of ether oxygens (including phenoxy) is 2. The smallest absolute Gasteiger partial charge is 0.492 e. The maximum absolute atomic E-state index is 9.33. The summed E-state index contributed by atoms with van der Waals surface area (Å²) in [5.41, 5.74) is 0.395. The zero-order chi connectivity index (χ0) is 14.9. The Morgan fingerprint density at radius 2 is 1.05 bits per heavy atom. The summed E-state index contributed by atoms with van der Waals surface area (Å²) < 4.78 is 10.2. The first-order chi connectivity index (χ1) is 9.47. The Balaban J connectivity index is 2.72. The summed E-state index contributed by atoms with van der Waals surface area (Å²) in [5.74, 6) is 0.652. The van der Waals surface area contributed by atoms with E-state index in [9.17, 15) is 20.1 Å². The van der Waals surface area contributed by atoms with Crippen molar-refractivity contribution in [3.05, 3.63) is 24.3 Å². The molecule has 0 bridgehead atoms. The minimum Gasteiger partial charge on any atom is -0.497 e. The van der Waals surface area contributed by atoms with Gasteiger partial charge in [0.15, 0.2) is 0 Å². The summed E-state index contributed by atoms with van der Waals surface area (Å²) in [6.45, 7) is 0. The van der Waals surface area contributed by atoms with Gasteiger partial charge in [0.1, 0.15) is 11.5 Å². The Morgan fingerprint density at radius 1 is 0.700 bits per heavy atom. The van der Waals surface area contributed by atoms with Gasteiger partial charge in [-0.15, -0.1) is 0 Å². The Hall–Kier alpha value is -1.73. The molecule has 4 N–H and O–H groups in total. The van der Waals surface area contributed by atoms with Crippen molar-refractivity contribution in [2.24, 2.45) is 0 Å². The van der Waals surface area contributed by atoms with Crippen LogP contribution in [0.1, 0.15) is 0 Å². The first kappa shape index (κ1) is 14.7. The van der Waals surface area contributed by atoms with Crippen molar-refractivity contribution in [1.82, 2.24) is 0 Å². The topological polar surface area (TPSA) is 99.4 Å². The third-order valence-corrected chi connectivity index (χ3v) is 3.09. The molecular weight excluding hydrogens is 262 g/mol. The van der Waals surface area contributed by atoms with Crippen LogP contribution in [0.3, 0.4) is 0 Å². The zero-order valence-corrected chi connectivity index (χ0v) is 11.1. The van der Waals surface area contributed by atoms with Crippen molar-refractivity contribution in [2.75, 3.05) is 14.2 Å². The lowest BCUT2D eigenvalue weighted by molar-refractivity contribution is 0.403. The molecule has 0 aliphatic rings. The average molecular weight is 276 g/mol. The van der Waals surface area contributed by atoms with E-state index in [1.165, 1.54) is 26.4 Å². The Morgan fingerprint density at radius 3 is 1.35 bits per heavy atom. The van der Waals surface area contributed by atoms with Crippen molar-refractivity contribution >= 4 is 35.9 Å². The van der Waals surface area contributed by atoms with Crippen LogP contribution in [0.15, 0.2) is 24.3 Å². The molecule has 0 heterocycles. The Bertz CT molecular complexity index is 578. The van der Waals surface area contributed by atoms with Crippen LogP contribution >= 0.6 is 0 Å². The summed E-state index contributed by atoms with van der Waals surface area (Å²) in [7, 11) is -0.510. The number of methoxy groups -OCH3 is 2. The van der Waals surface area contributed by atoms with Crippen LogP contribution in [0.5, 0.6) is 11.5 Å². The molecule has 104 valence electrons. The van der Waals surface area contributed by atoms with Gasteiger partial charge in [-0.1, -0.05) is 12.1 Å². The number of hydrogen-bond acceptors (Lipinski definition) is 6. The van der Waals surface area contributed by atoms with E-state index >= 15 is 0 Å². The van der Waals surface area contributed by atoms with Gasteiger partial charge in [-0.05, 0) is 22.9 Å². The van der Waals surface area contributed by atoms with E-state index in [4.69, 9.17) is 9.47 Å². The molecule has 0 amide bonds. The molecule has 0 radical (unpaired) electrons. The monoisotopic (exact) mass is 276 g/mol. The molecule has 2 aromatic rings. The molecule has 0 aromatic heterocycles. The predicted octanol–water partition coefficient (Wildman–Crippen LogP) is -1.78. The van der Waals surface area contributed by atoms with Crippen LogP contribution in [0.4, 0.5) is 0 Å². The minimum absolute atomic E-state index is 0.198. The first-order valence-corrected chi connectivity index (χ1v) is 5.89. The SMILES string of the molecule is COc1cc2cc(OC)c(B(O)O)cc2cc1B(O)O. The van der Waals surface area contributed by atoms with Crippen LogP contribution in [0.25, 0.3) is 10.8 Å².